The van der Waals surface area contributed by atoms with E-state index in [0.29, 0.717) is 11.3 Å². The highest BCUT2D eigenvalue weighted by molar-refractivity contribution is 5.98. The van der Waals surface area contributed by atoms with Gasteiger partial charge in [0.25, 0.3) is 11.4 Å². The van der Waals surface area contributed by atoms with E-state index in [9.17, 15) is 30.1 Å². The normalized spacial score (nSPS) is 10.2. The lowest BCUT2D eigenvalue weighted by Crippen LogP contribution is -1.98. The summed E-state index contributed by atoms with van der Waals surface area (Å²) in [6.45, 7) is 7.38. The van der Waals surface area contributed by atoms with Crippen molar-refractivity contribution < 1.29 is 34.5 Å². The molecule has 244 valence electrons. The van der Waals surface area contributed by atoms with Crippen LogP contribution >= 0.6 is 12.4 Å². The first-order valence-electron chi connectivity index (χ1n) is 13.4. The molecule has 0 aliphatic carbocycles. The number of hydrogen-bond acceptors (Lipinski definition) is 11. The third kappa shape index (κ3) is 12.7. The summed E-state index contributed by atoms with van der Waals surface area (Å²) in [7, 11) is 0. The summed E-state index contributed by atoms with van der Waals surface area (Å²) in [5.74, 6) is 5.32. The zero-order valence-corrected chi connectivity index (χ0v) is 26.4. The number of non-ortho nitro benzene ring substituents is 2. The number of phenolic OH excluding ortho intramolecular Hbond substituents is 2. The number of nitrogens with zero attached hydrogens (tertiary/aromatic N) is 3. The van der Waals surface area contributed by atoms with E-state index in [1.54, 1.807) is 55.5 Å². The molecular formula is C32H35ClN4O9. The van der Waals surface area contributed by atoms with Crippen molar-refractivity contribution in [2.24, 2.45) is 11.1 Å². The lowest BCUT2D eigenvalue weighted by atomic mass is 10.1. The van der Waals surface area contributed by atoms with E-state index in [1.165, 1.54) is 37.3 Å². The van der Waals surface area contributed by atoms with Crippen LogP contribution < -0.4 is 5.90 Å². The van der Waals surface area contributed by atoms with Crippen LogP contribution in [0.15, 0.2) is 90.1 Å². The first-order valence-corrected chi connectivity index (χ1v) is 13.4. The van der Waals surface area contributed by atoms with Crippen molar-refractivity contribution in [3.63, 3.8) is 0 Å². The topological polar surface area (TPSA) is 201 Å². The van der Waals surface area contributed by atoms with Crippen LogP contribution in [-0.2, 0) is 22.9 Å². The lowest BCUT2D eigenvalue weighted by Gasteiger charge is -2.05. The Kier molecular flexibility index (Phi) is 16.1. The second kappa shape index (κ2) is 19.1. The molecule has 0 bridgehead atoms. The number of phenols is 2. The summed E-state index contributed by atoms with van der Waals surface area (Å²) >= 11 is 0. The summed E-state index contributed by atoms with van der Waals surface area (Å²) in [6.07, 6.45) is 0. The van der Waals surface area contributed by atoms with Gasteiger partial charge in [-0.1, -0.05) is 5.16 Å². The van der Waals surface area contributed by atoms with Crippen molar-refractivity contribution in [2.45, 2.75) is 40.9 Å². The Labute approximate surface area is 271 Å². The van der Waals surface area contributed by atoms with E-state index in [-0.39, 0.29) is 54.3 Å². The first kappa shape index (κ1) is 38.7. The highest BCUT2D eigenvalue weighted by Crippen LogP contribution is 2.19. The number of nitrogens with two attached hydrogens (primary N) is 1. The van der Waals surface area contributed by atoms with E-state index in [2.05, 4.69) is 9.99 Å². The van der Waals surface area contributed by atoms with E-state index in [0.717, 1.165) is 27.8 Å². The number of carbonyl (C=O) groups is 1. The van der Waals surface area contributed by atoms with Gasteiger partial charge in [0.15, 0.2) is 5.78 Å². The van der Waals surface area contributed by atoms with Crippen molar-refractivity contribution >= 4 is 35.3 Å². The van der Waals surface area contributed by atoms with Crippen molar-refractivity contribution in [1.82, 2.24) is 0 Å². The van der Waals surface area contributed by atoms with E-state index in [4.69, 9.17) is 15.8 Å². The minimum atomic E-state index is -0.451. The smallest absolute Gasteiger partial charge is 0.269 e. The SMILES string of the molecule is C/C(=N\OCc1ccc([N+](=O)[O-])cc1)c1ccc(O)c(C)c1.CC(=O)c1ccc(O)c(C)c1.Cl.NOCc1ccc([N+](=O)[O-])cc1. The number of nitro benzene ring substituents is 2. The molecule has 4 rings (SSSR count). The number of benzene rings is 4. The van der Waals surface area contributed by atoms with Gasteiger partial charge in [0, 0.05) is 29.8 Å². The molecule has 0 fully saturated rings. The van der Waals surface area contributed by atoms with Crippen LogP contribution in [0.3, 0.4) is 0 Å². The largest absolute Gasteiger partial charge is 0.508 e. The number of halogens is 1. The minimum absolute atomic E-state index is 0. The monoisotopic (exact) mass is 654 g/mol. The highest BCUT2D eigenvalue weighted by Gasteiger charge is 2.06. The quantitative estimate of drug-likeness (QED) is 0.0740. The van der Waals surface area contributed by atoms with Gasteiger partial charge < -0.3 is 15.1 Å². The fraction of sp³-hybridized carbons (Fsp3) is 0.188. The number of aromatic hydroxyl groups is 2. The number of rotatable bonds is 9. The average molecular weight is 655 g/mol. The van der Waals surface area contributed by atoms with Gasteiger partial charge in [-0.25, -0.2) is 5.90 Å². The third-order valence-electron chi connectivity index (χ3n) is 6.19. The zero-order valence-electron chi connectivity index (χ0n) is 25.6. The van der Waals surface area contributed by atoms with E-state index < -0.39 is 9.85 Å². The van der Waals surface area contributed by atoms with E-state index in [1.807, 2.05) is 19.9 Å². The maximum Gasteiger partial charge on any atom is 0.269 e. The Hall–Kier alpha value is -5.37. The Morgan fingerprint density at radius 1 is 0.739 bits per heavy atom. The van der Waals surface area contributed by atoms with Crippen LogP contribution in [0.2, 0.25) is 0 Å². The van der Waals surface area contributed by atoms with Gasteiger partial charge in [0.2, 0.25) is 0 Å². The Bertz CT molecular complexity index is 1640. The number of aryl methyl sites for hydroxylation is 2. The number of nitro groups is 2. The van der Waals surface area contributed by atoms with Gasteiger partial charge >= 0.3 is 0 Å². The second-order valence-corrected chi connectivity index (χ2v) is 9.67. The number of oxime groups is 1. The summed E-state index contributed by atoms with van der Waals surface area (Å²) in [4.78, 5) is 40.3. The average Bonchev–Trinajstić information content (AvgIpc) is 3.01. The molecule has 46 heavy (non-hydrogen) atoms. The summed E-state index contributed by atoms with van der Waals surface area (Å²) in [5, 5.41) is 43.4. The molecule has 0 spiro atoms. The second-order valence-electron chi connectivity index (χ2n) is 9.67. The molecule has 14 heteroatoms. The van der Waals surface area contributed by atoms with Crippen molar-refractivity contribution in [3.8, 4) is 11.5 Å². The molecule has 0 saturated heterocycles. The summed E-state index contributed by atoms with van der Waals surface area (Å²) < 4.78 is 0. The summed E-state index contributed by atoms with van der Waals surface area (Å²) in [6, 6.07) is 22.2. The molecule has 4 aromatic carbocycles. The van der Waals surface area contributed by atoms with Crippen LogP contribution in [0.1, 0.15) is 52.0 Å². The number of Topliss-reactive ketones (excluding diaryl/α,β-unsaturated/α-hetero) is 1. The molecule has 0 unspecified atom stereocenters. The van der Waals surface area contributed by atoms with Crippen molar-refractivity contribution in [3.05, 3.63) is 139 Å². The van der Waals surface area contributed by atoms with E-state index >= 15 is 0 Å². The third-order valence-corrected chi connectivity index (χ3v) is 6.19. The number of ketones is 1. The molecule has 0 heterocycles. The molecule has 0 aliphatic heterocycles. The molecule has 0 amide bonds. The van der Waals surface area contributed by atoms with Crippen LogP contribution in [-0.4, -0.2) is 31.6 Å². The van der Waals surface area contributed by atoms with Crippen LogP contribution in [0.25, 0.3) is 0 Å². The van der Waals surface area contributed by atoms with Crippen LogP contribution in [0.4, 0.5) is 11.4 Å². The molecule has 0 aromatic heterocycles. The highest BCUT2D eigenvalue weighted by atomic mass is 35.5. The zero-order chi connectivity index (χ0) is 33.5. The van der Waals surface area contributed by atoms with Gasteiger partial charge in [0.1, 0.15) is 18.1 Å². The van der Waals surface area contributed by atoms with Gasteiger partial charge in [-0.3, -0.25) is 29.9 Å². The molecule has 0 atom stereocenters. The number of hydrogen-bond donors (Lipinski definition) is 3. The first-order chi connectivity index (χ1) is 21.3. The maximum atomic E-state index is 10.8. The molecular weight excluding hydrogens is 620 g/mol. The predicted octanol–water partition coefficient (Wildman–Crippen LogP) is 6.86. The summed E-state index contributed by atoms with van der Waals surface area (Å²) in [5.41, 5.74) is 5.40. The molecule has 0 radical (unpaired) electrons. The molecule has 0 aliphatic rings. The van der Waals surface area contributed by atoms with Crippen molar-refractivity contribution in [2.75, 3.05) is 0 Å². The molecule has 4 aromatic rings. The Balaban J connectivity index is 0.000000374. The lowest BCUT2D eigenvalue weighted by molar-refractivity contribution is -0.385. The fourth-order valence-electron chi connectivity index (χ4n) is 3.54. The molecule has 4 N–H and O–H groups in total. The molecule has 0 saturated carbocycles. The predicted molar refractivity (Wildman–Crippen MR) is 175 cm³/mol. The van der Waals surface area contributed by atoms with Crippen molar-refractivity contribution in [1.29, 1.82) is 0 Å². The fourth-order valence-corrected chi connectivity index (χ4v) is 3.54. The van der Waals surface area contributed by atoms with Crippen LogP contribution in [0.5, 0.6) is 11.5 Å². The Morgan fingerprint density at radius 2 is 1.15 bits per heavy atom. The maximum absolute atomic E-state index is 10.8. The van der Waals surface area contributed by atoms with Gasteiger partial charge in [0.05, 0.1) is 22.2 Å². The van der Waals surface area contributed by atoms with Gasteiger partial charge in [-0.2, -0.15) is 0 Å². The van der Waals surface area contributed by atoms with Crippen LogP contribution in [0, 0.1) is 34.1 Å². The number of carbonyl (C=O) groups excluding carboxylic acids is 1. The van der Waals surface area contributed by atoms with Gasteiger partial charge in [-0.15, -0.1) is 12.4 Å². The minimum Gasteiger partial charge on any atom is -0.508 e. The molecule has 13 nitrogen and oxygen atoms in total. The van der Waals surface area contributed by atoms with Gasteiger partial charge in [-0.05, 0) is 116 Å². The Morgan fingerprint density at radius 3 is 1.54 bits per heavy atom. The standard InChI is InChI=1S/C16H16N2O4.C9H10O2.C7H8N2O3.ClH/c1-11-9-14(5-8-16(11)19)12(2)17-22-10-13-3-6-15(7-4-13)18(20)21;1-6-5-8(7(2)10)3-4-9(6)11;8-12-5-6-1-3-7(4-2-6)9(10)11;/h3-9,19H,10H2,1-2H3;3-5,11H,1-2H3;1-4H,5,8H2;1H/b17-12+;;;.